The number of hydrogen-bond donors (Lipinski definition) is 3. The van der Waals surface area contributed by atoms with Crippen molar-refractivity contribution in [3.8, 4) is 0 Å². The van der Waals surface area contributed by atoms with E-state index in [0.717, 1.165) is 0 Å². The number of carbonyl (C=O) groups is 1. The number of likely N-dealkylation sites (N-methyl/N-ethyl adjacent to an activating group) is 1. The van der Waals surface area contributed by atoms with Gasteiger partial charge in [0, 0.05) is 26.2 Å². The molecule has 5 heteroatoms. The molecular weight excluding hydrogens is 158 g/mol. The zero-order chi connectivity index (χ0) is 9.40. The van der Waals surface area contributed by atoms with Crippen molar-refractivity contribution in [2.24, 2.45) is 5.73 Å². The largest absolute Gasteiger partial charge is 0.465 e. The molecule has 1 saturated heterocycles. The summed E-state index contributed by atoms with van der Waals surface area (Å²) in [4.78, 5) is 11.2. The molecule has 0 spiro atoms. The fourth-order valence-corrected chi connectivity index (χ4v) is 1.03. The first-order valence-corrected chi connectivity index (χ1v) is 4.08. The standard InChI is InChI=1S/C6H14N2.CH3NO2/c1-2-8-5-3-7-4-6-8;2-1(3)4/h7H,2-6H2,1H3;2H2,(H,3,4). The number of rotatable bonds is 1. The molecule has 0 radical (unpaired) electrons. The minimum absolute atomic E-state index is 1.17. The highest BCUT2D eigenvalue weighted by atomic mass is 16.4. The summed E-state index contributed by atoms with van der Waals surface area (Å²) in [7, 11) is 0. The lowest BCUT2D eigenvalue weighted by atomic mass is 10.4. The quantitative estimate of drug-likeness (QED) is 0.503. The third kappa shape index (κ3) is 7.30. The Labute approximate surface area is 72.5 Å². The molecule has 1 heterocycles. The highest BCUT2D eigenvalue weighted by molar-refractivity contribution is 5.61. The van der Waals surface area contributed by atoms with Crippen LogP contribution < -0.4 is 11.1 Å². The van der Waals surface area contributed by atoms with Crippen LogP contribution in [-0.4, -0.2) is 48.8 Å². The van der Waals surface area contributed by atoms with Gasteiger partial charge in [0.05, 0.1) is 0 Å². The Morgan fingerprint density at radius 3 is 2.25 bits per heavy atom. The Hall–Kier alpha value is -0.810. The van der Waals surface area contributed by atoms with E-state index in [4.69, 9.17) is 9.90 Å². The summed E-state index contributed by atoms with van der Waals surface area (Å²) >= 11 is 0. The van der Waals surface area contributed by atoms with Gasteiger partial charge in [-0.25, -0.2) is 4.79 Å². The van der Waals surface area contributed by atoms with E-state index in [-0.39, 0.29) is 0 Å². The maximum absolute atomic E-state index is 8.78. The van der Waals surface area contributed by atoms with Gasteiger partial charge < -0.3 is 21.1 Å². The van der Waals surface area contributed by atoms with E-state index in [9.17, 15) is 0 Å². The zero-order valence-electron chi connectivity index (χ0n) is 7.42. The molecule has 1 aliphatic rings. The molecule has 0 aromatic rings. The Morgan fingerprint density at radius 2 is 2.00 bits per heavy atom. The van der Waals surface area contributed by atoms with Gasteiger partial charge in [0.15, 0.2) is 0 Å². The highest BCUT2D eigenvalue weighted by Gasteiger charge is 2.04. The zero-order valence-corrected chi connectivity index (χ0v) is 7.42. The number of nitrogens with one attached hydrogen (secondary N) is 1. The van der Waals surface area contributed by atoms with Gasteiger partial charge in [-0.2, -0.15) is 0 Å². The molecule has 72 valence electrons. The predicted molar refractivity (Wildman–Crippen MR) is 47.2 cm³/mol. The van der Waals surface area contributed by atoms with E-state index >= 15 is 0 Å². The molecule has 0 saturated carbocycles. The van der Waals surface area contributed by atoms with Gasteiger partial charge in [0.2, 0.25) is 0 Å². The maximum atomic E-state index is 8.78. The van der Waals surface area contributed by atoms with E-state index in [1.165, 1.54) is 32.7 Å². The number of amides is 1. The average Bonchev–Trinajstić information content (AvgIpc) is 2.05. The summed E-state index contributed by atoms with van der Waals surface area (Å²) in [5.74, 6) is 0. The molecule has 1 amide bonds. The van der Waals surface area contributed by atoms with Crippen LogP contribution in [-0.2, 0) is 0 Å². The SMILES string of the molecule is CCN1CCNCC1.NC(=O)O. The lowest BCUT2D eigenvalue weighted by Crippen LogP contribution is -2.43. The van der Waals surface area contributed by atoms with Crippen molar-refractivity contribution in [1.82, 2.24) is 10.2 Å². The average molecular weight is 175 g/mol. The Balaban J connectivity index is 0.000000261. The molecule has 0 aromatic carbocycles. The number of carboxylic acid groups (broad SMARTS) is 1. The van der Waals surface area contributed by atoms with Crippen LogP contribution in [0, 0.1) is 0 Å². The summed E-state index contributed by atoms with van der Waals surface area (Å²) in [5, 5.41) is 10.5. The van der Waals surface area contributed by atoms with Gasteiger partial charge in [-0.3, -0.25) is 0 Å². The van der Waals surface area contributed by atoms with E-state index in [1.807, 2.05) is 0 Å². The highest BCUT2D eigenvalue weighted by Crippen LogP contribution is 1.88. The number of piperazine rings is 1. The first-order valence-electron chi connectivity index (χ1n) is 4.08. The second kappa shape index (κ2) is 6.87. The summed E-state index contributed by atoms with van der Waals surface area (Å²) in [6, 6.07) is 0. The molecule has 4 N–H and O–H groups in total. The molecule has 1 fully saturated rings. The van der Waals surface area contributed by atoms with Crippen LogP contribution in [0.15, 0.2) is 0 Å². The van der Waals surface area contributed by atoms with Gasteiger partial charge in [-0.1, -0.05) is 6.92 Å². The van der Waals surface area contributed by atoms with Gasteiger partial charge in [-0.05, 0) is 6.54 Å². The van der Waals surface area contributed by atoms with Crippen LogP contribution in [0.5, 0.6) is 0 Å². The Bertz CT molecular complexity index is 120. The van der Waals surface area contributed by atoms with Crippen LogP contribution >= 0.6 is 0 Å². The van der Waals surface area contributed by atoms with Gasteiger partial charge in [-0.15, -0.1) is 0 Å². The molecule has 0 aliphatic carbocycles. The Morgan fingerprint density at radius 1 is 1.58 bits per heavy atom. The van der Waals surface area contributed by atoms with E-state index in [0.29, 0.717) is 0 Å². The van der Waals surface area contributed by atoms with Gasteiger partial charge in [0.1, 0.15) is 0 Å². The summed E-state index contributed by atoms with van der Waals surface area (Å²) < 4.78 is 0. The van der Waals surface area contributed by atoms with Crippen molar-refractivity contribution in [3.05, 3.63) is 0 Å². The predicted octanol–water partition coefficient (Wildman–Crippen LogP) is -0.465. The monoisotopic (exact) mass is 175 g/mol. The van der Waals surface area contributed by atoms with Crippen molar-refractivity contribution in [2.45, 2.75) is 6.92 Å². The molecule has 0 bridgehead atoms. The summed E-state index contributed by atoms with van der Waals surface area (Å²) in [5.41, 5.74) is 4.03. The van der Waals surface area contributed by atoms with Crippen LogP contribution in [0.3, 0.4) is 0 Å². The van der Waals surface area contributed by atoms with Crippen LogP contribution in [0.1, 0.15) is 6.92 Å². The van der Waals surface area contributed by atoms with Crippen molar-refractivity contribution in [2.75, 3.05) is 32.7 Å². The third-order valence-corrected chi connectivity index (χ3v) is 1.66. The number of hydrogen-bond acceptors (Lipinski definition) is 3. The first-order chi connectivity index (χ1) is 5.66. The van der Waals surface area contributed by atoms with Gasteiger partial charge in [0.25, 0.3) is 0 Å². The molecule has 1 rings (SSSR count). The fourth-order valence-electron chi connectivity index (χ4n) is 1.03. The van der Waals surface area contributed by atoms with Crippen molar-refractivity contribution in [1.29, 1.82) is 0 Å². The number of nitrogens with zero attached hydrogens (tertiary/aromatic N) is 1. The molecular formula is C7H17N3O2. The Kier molecular flexibility index (Phi) is 6.41. The third-order valence-electron chi connectivity index (χ3n) is 1.66. The molecule has 1 aliphatic heterocycles. The van der Waals surface area contributed by atoms with Crippen molar-refractivity contribution < 1.29 is 9.90 Å². The lowest BCUT2D eigenvalue weighted by molar-refractivity contribution is 0.205. The number of nitrogens with two attached hydrogens (primary N) is 1. The van der Waals surface area contributed by atoms with Crippen LogP contribution in [0.4, 0.5) is 4.79 Å². The van der Waals surface area contributed by atoms with Crippen molar-refractivity contribution >= 4 is 6.09 Å². The molecule has 5 nitrogen and oxygen atoms in total. The van der Waals surface area contributed by atoms with Crippen LogP contribution in [0.2, 0.25) is 0 Å². The second-order valence-corrected chi connectivity index (χ2v) is 2.52. The molecule has 0 unspecified atom stereocenters. The van der Waals surface area contributed by atoms with Gasteiger partial charge >= 0.3 is 6.09 Å². The normalized spacial score (nSPS) is 17.8. The van der Waals surface area contributed by atoms with E-state index < -0.39 is 6.09 Å². The van der Waals surface area contributed by atoms with Crippen LogP contribution in [0.25, 0.3) is 0 Å². The van der Waals surface area contributed by atoms with E-state index in [1.54, 1.807) is 0 Å². The first kappa shape index (κ1) is 11.2. The van der Waals surface area contributed by atoms with E-state index in [2.05, 4.69) is 22.9 Å². The molecule has 0 atom stereocenters. The summed E-state index contributed by atoms with van der Waals surface area (Å²) in [6.45, 7) is 8.24. The maximum Gasteiger partial charge on any atom is 0.402 e. The minimum Gasteiger partial charge on any atom is -0.465 e. The number of primary amides is 1. The topological polar surface area (TPSA) is 78.6 Å². The smallest absolute Gasteiger partial charge is 0.402 e. The fraction of sp³-hybridized carbons (Fsp3) is 0.857. The molecule has 0 aromatic heterocycles. The van der Waals surface area contributed by atoms with Crippen molar-refractivity contribution in [3.63, 3.8) is 0 Å². The lowest BCUT2D eigenvalue weighted by Gasteiger charge is -2.25. The minimum atomic E-state index is -1.33. The second-order valence-electron chi connectivity index (χ2n) is 2.52. The molecule has 12 heavy (non-hydrogen) atoms. The summed E-state index contributed by atoms with van der Waals surface area (Å²) in [6.07, 6.45) is -1.33.